The molecular weight excluding hydrogens is 446 g/mol. The molecule has 0 atom stereocenters. The molecule has 8 nitrogen and oxygen atoms in total. The molecule has 2 aliphatic rings. The molecule has 0 saturated carbocycles. The maximum atomic E-state index is 13.5. The molecule has 4 rings (SSSR count). The first-order valence-corrected chi connectivity index (χ1v) is 11.9. The molecule has 32 heavy (non-hydrogen) atoms. The smallest absolute Gasteiger partial charge is 0.267 e. The van der Waals surface area contributed by atoms with Crippen molar-refractivity contribution in [2.75, 3.05) is 58.4 Å². The highest BCUT2D eigenvalue weighted by molar-refractivity contribution is 8.26. The van der Waals surface area contributed by atoms with E-state index >= 15 is 0 Å². The number of methoxy groups -OCH3 is 1. The summed E-state index contributed by atoms with van der Waals surface area (Å²) >= 11 is 6.67. The molecule has 0 radical (unpaired) electrons. The number of amides is 1. The number of nitrogens with one attached hydrogen (secondary N) is 1. The fourth-order valence-electron chi connectivity index (χ4n) is 3.91. The monoisotopic (exact) mass is 474 g/mol. The van der Waals surface area contributed by atoms with E-state index in [1.54, 1.807) is 28.7 Å². The molecule has 1 amide bonds. The predicted molar refractivity (Wildman–Crippen MR) is 131 cm³/mol. The minimum absolute atomic E-state index is 0.168. The van der Waals surface area contributed by atoms with Crippen molar-refractivity contribution in [2.45, 2.75) is 13.3 Å². The van der Waals surface area contributed by atoms with Gasteiger partial charge in [-0.15, -0.1) is 0 Å². The average molecular weight is 475 g/mol. The molecule has 2 aromatic rings. The number of carbonyl (C=O) groups is 1. The fraction of sp³-hybridized carbons (Fsp3) is 0.455. The molecular formula is C22H28N5O3S2+. The third-order valence-electron chi connectivity index (χ3n) is 5.78. The summed E-state index contributed by atoms with van der Waals surface area (Å²) in [5, 5.41) is 0. The number of pyridine rings is 1. The zero-order valence-corrected chi connectivity index (χ0v) is 20.2. The largest absolute Gasteiger partial charge is 0.385 e. The molecule has 4 heterocycles. The van der Waals surface area contributed by atoms with Crippen LogP contribution in [0.25, 0.3) is 11.7 Å². The molecule has 170 valence electrons. The van der Waals surface area contributed by atoms with Crippen LogP contribution in [0.2, 0.25) is 0 Å². The summed E-state index contributed by atoms with van der Waals surface area (Å²) in [6, 6.07) is 3.81. The number of hydrogen-bond donors (Lipinski definition) is 1. The molecule has 0 aromatic carbocycles. The van der Waals surface area contributed by atoms with Gasteiger partial charge >= 0.3 is 0 Å². The van der Waals surface area contributed by atoms with E-state index in [1.165, 1.54) is 16.7 Å². The van der Waals surface area contributed by atoms with Gasteiger partial charge in [0.25, 0.3) is 11.5 Å². The van der Waals surface area contributed by atoms with Gasteiger partial charge in [-0.25, -0.2) is 4.98 Å². The number of piperazine rings is 1. The number of aromatic nitrogens is 2. The van der Waals surface area contributed by atoms with Crippen molar-refractivity contribution < 1.29 is 14.4 Å². The van der Waals surface area contributed by atoms with Crippen LogP contribution in [-0.2, 0) is 9.53 Å². The van der Waals surface area contributed by atoms with Crippen LogP contribution in [0.15, 0.2) is 28.0 Å². The molecule has 0 unspecified atom stereocenters. The van der Waals surface area contributed by atoms with Crippen molar-refractivity contribution >= 4 is 51.7 Å². The van der Waals surface area contributed by atoms with Crippen LogP contribution in [0, 0.1) is 6.92 Å². The van der Waals surface area contributed by atoms with E-state index in [0.717, 1.165) is 31.7 Å². The number of anilines is 1. The number of thioether (sulfide) groups is 1. The van der Waals surface area contributed by atoms with Crippen molar-refractivity contribution in [3.63, 3.8) is 0 Å². The van der Waals surface area contributed by atoms with Crippen molar-refractivity contribution in [2.24, 2.45) is 0 Å². The number of aryl methyl sites for hydroxylation is 1. The first kappa shape index (κ1) is 22.9. The van der Waals surface area contributed by atoms with E-state index < -0.39 is 0 Å². The Morgan fingerprint density at radius 1 is 1.28 bits per heavy atom. The third-order valence-corrected chi connectivity index (χ3v) is 7.16. The van der Waals surface area contributed by atoms with Crippen LogP contribution >= 0.6 is 24.0 Å². The lowest BCUT2D eigenvalue weighted by Crippen LogP contribution is -3.12. The molecule has 2 fully saturated rings. The number of carbonyl (C=O) groups excluding carboxylic acids is 1. The second-order valence-electron chi connectivity index (χ2n) is 8.21. The minimum Gasteiger partial charge on any atom is -0.385 e. The molecule has 0 bridgehead atoms. The van der Waals surface area contributed by atoms with Gasteiger partial charge in [-0.1, -0.05) is 30.0 Å². The number of hydrogen-bond acceptors (Lipinski definition) is 7. The van der Waals surface area contributed by atoms with Crippen LogP contribution in [0.5, 0.6) is 0 Å². The van der Waals surface area contributed by atoms with Crippen LogP contribution in [0.4, 0.5) is 5.82 Å². The van der Waals surface area contributed by atoms with E-state index in [4.69, 9.17) is 21.9 Å². The highest BCUT2D eigenvalue weighted by Crippen LogP contribution is 2.33. The SMILES string of the molecule is COCCCN1C(=O)/C(=C\c2c(N3CC[NH+](C)CC3)nc3ccc(C)cn3c2=O)SC1=S. The number of likely N-dealkylation sites (N-methyl/N-ethyl adjacent to an activating group) is 1. The summed E-state index contributed by atoms with van der Waals surface area (Å²) in [6.07, 6.45) is 4.17. The van der Waals surface area contributed by atoms with Crippen molar-refractivity contribution in [3.8, 4) is 0 Å². The number of fused-ring (bicyclic) bond motifs is 1. The zero-order valence-electron chi connectivity index (χ0n) is 18.6. The summed E-state index contributed by atoms with van der Waals surface area (Å²) in [7, 11) is 3.80. The molecule has 0 aliphatic carbocycles. The third kappa shape index (κ3) is 4.59. The highest BCUT2D eigenvalue weighted by atomic mass is 32.2. The Kier molecular flexibility index (Phi) is 6.94. The van der Waals surface area contributed by atoms with Gasteiger partial charge in [0, 0.05) is 26.5 Å². The van der Waals surface area contributed by atoms with Gasteiger partial charge in [-0.2, -0.15) is 0 Å². The maximum Gasteiger partial charge on any atom is 0.267 e. The lowest BCUT2D eigenvalue weighted by Gasteiger charge is -2.31. The fourth-order valence-corrected chi connectivity index (χ4v) is 5.20. The van der Waals surface area contributed by atoms with Gasteiger partial charge in [-0.05, 0) is 31.1 Å². The van der Waals surface area contributed by atoms with E-state index in [2.05, 4.69) is 11.9 Å². The summed E-state index contributed by atoms with van der Waals surface area (Å²) in [4.78, 5) is 37.1. The molecule has 2 aromatic heterocycles. The van der Waals surface area contributed by atoms with Crippen LogP contribution in [-0.4, -0.2) is 78.0 Å². The van der Waals surface area contributed by atoms with E-state index in [0.29, 0.717) is 45.8 Å². The molecule has 2 aliphatic heterocycles. The van der Waals surface area contributed by atoms with Gasteiger partial charge in [-0.3, -0.25) is 18.9 Å². The van der Waals surface area contributed by atoms with Crippen molar-refractivity contribution in [1.29, 1.82) is 0 Å². The second-order valence-corrected chi connectivity index (χ2v) is 9.89. The number of thiocarbonyl (C=S) groups is 1. The Bertz CT molecular complexity index is 1140. The molecule has 1 N–H and O–H groups in total. The predicted octanol–water partition coefficient (Wildman–Crippen LogP) is 0.575. The van der Waals surface area contributed by atoms with Crippen LogP contribution in [0.3, 0.4) is 0 Å². The lowest BCUT2D eigenvalue weighted by molar-refractivity contribution is -0.880. The quantitative estimate of drug-likeness (QED) is 0.373. The first-order valence-electron chi connectivity index (χ1n) is 10.7. The normalized spacial score (nSPS) is 19.0. The average Bonchev–Trinajstić information content (AvgIpc) is 3.04. The van der Waals surface area contributed by atoms with Gasteiger partial charge in [0.15, 0.2) is 0 Å². The topological polar surface area (TPSA) is 71.6 Å². The summed E-state index contributed by atoms with van der Waals surface area (Å²) < 4.78 is 7.16. The zero-order chi connectivity index (χ0) is 22.8. The summed E-state index contributed by atoms with van der Waals surface area (Å²) in [5.41, 5.74) is 1.83. The Hall–Kier alpha value is -2.27. The number of quaternary nitrogens is 1. The Morgan fingerprint density at radius 3 is 2.75 bits per heavy atom. The van der Waals surface area contributed by atoms with Gasteiger partial charge in [0.1, 0.15) is 15.8 Å². The highest BCUT2D eigenvalue weighted by Gasteiger charge is 2.33. The second kappa shape index (κ2) is 9.70. The van der Waals surface area contributed by atoms with E-state index in [9.17, 15) is 9.59 Å². The Labute approximate surface area is 196 Å². The van der Waals surface area contributed by atoms with Gasteiger partial charge in [0.2, 0.25) is 0 Å². The van der Waals surface area contributed by atoms with E-state index in [1.807, 2.05) is 19.1 Å². The maximum absolute atomic E-state index is 13.5. The first-order chi connectivity index (χ1) is 15.4. The van der Waals surface area contributed by atoms with Crippen molar-refractivity contribution in [3.05, 3.63) is 44.7 Å². The Balaban J connectivity index is 1.77. The molecule has 10 heteroatoms. The minimum atomic E-state index is -0.176. The number of nitrogens with zero attached hydrogens (tertiary/aromatic N) is 4. The van der Waals surface area contributed by atoms with Crippen LogP contribution < -0.4 is 15.4 Å². The van der Waals surface area contributed by atoms with Crippen LogP contribution in [0.1, 0.15) is 17.5 Å². The lowest BCUT2D eigenvalue weighted by atomic mass is 10.2. The number of rotatable bonds is 6. The standard InChI is InChI=1S/C22H27N5O3S2/c1-15-5-6-18-23-19(25-10-8-24(2)9-11-25)16(20(28)27(18)14-15)13-17-21(29)26(22(31)32-17)7-4-12-30-3/h5-6,13-14H,4,7-12H2,1-3H3/p+1/b17-13+. The van der Waals surface area contributed by atoms with Crippen molar-refractivity contribution in [1.82, 2.24) is 14.3 Å². The summed E-state index contributed by atoms with van der Waals surface area (Å²) in [5.74, 6) is 0.467. The molecule has 0 spiro atoms. The molecule has 2 saturated heterocycles. The van der Waals surface area contributed by atoms with E-state index in [-0.39, 0.29) is 11.5 Å². The number of ether oxygens (including phenoxy) is 1. The summed E-state index contributed by atoms with van der Waals surface area (Å²) in [6.45, 7) is 6.54. The van der Waals surface area contributed by atoms with Gasteiger partial charge in [0.05, 0.1) is 43.7 Å². The van der Waals surface area contributed by atoms with Gasteiger partial charge < -0.3 is 14.5 Å². The Morgan fingerprint density at radius 2 is 2.03 bits per heavy atom.